The first kappa shape index (κ1) is 11.7. The fourth-order valence-corrected chi connectivity index (χ4v) is 2.00. The van der Waals surface area contributed by atoms with E-state index in [2.05, 4.69) is 9.98 Å². The zero-order valence-electron chi connectivity index (χ0n) is 10.6. The van der Waals surface area contributed by atoms with Gasteiger partial charge in [-0.25, -0.2) is 4.99 Å². The van der Waals surface area contributed by atoms with E-state index in [0.717, 1.165) is 17.0 Å². The molecule has 0 fully saturated rings. The molecule has 4 heteroatoms. The Morgan fingerprint density at radius 3 is 2.68 bits per heavy atom. The Kier molecular flexibility index (Phi) is 3.14. The van der Waals surface area contributed by atoms with Crippen LogP contribution in [0.2, 0.25) is 0 Å². The van der Waals surface area contributed by atoms with Crippen LogP contribution < -0.4 is 4.74 Å². The van der Waals surface area contributed by atoms with E-state index in [9.17, 15) is 0 Å². The van der Waals surface area contributed by atoms with Crippen LogP contribution in [0.1, 0.15) is 17.3 Å². The highest BCUT2D eigenvalue weighted by Crippen LogP contribution is 2.26. The minimum Gasteiger partial charge on any atom is -0.497 e. The summed E-state index contributed by atoms with van der Waals surface area (Å²) >= 11 is 0. The van der Waals surface area contributed by atoms with E-state index < -0.39 is 0 Å². The Morgan fingerprint density at radius 2 is 2.00 bits per heavy atom. The van der Waals surface area contributed by atoms with E-state index in [-0.39, 0.29) is 6.04 Å². The molecule has 0 N–H and O–H groups in total. The zero-order valence-corrected chi connectivity index (χ0v) is 10.6. The van der Waals surface area contributed by atoms with Crippen LogP contribution in [-0.2, 0) is 4.74 Å². The molecular weight excluding hydrogens is 240 g/mol. The molecule has 0 spiro atoms. The molecule has 0 radical (unpaired) electrons. The van der Waals surface area contributed by atoms with Crippen molar-refractivity contribution in [3.63, 3.8) is 0 Å². The highest BCUT2D eigenvalue weighted by molar-refractivity contribution is 5.93. The lowest BCUT2D eigenvalue weighted by Crippen LogP contribution is -2.03. The second-order valence-corrected chi connectivity index (χ2v) is 4.25. The van der Waals surface area contributed by atoms with Gasteiger partial charge >= 0.3 is 0 Å². The molecule has 0 saturated heterocycles. The standard InChI is InChI=1S/C15H14N2O2/c1-18-12-7-5-11(6-8-12)14-10-19-15(17-14)13-4-2-3-9-16-13/h2-9,14H,10H2,1H3. The van der Waals surface area contributed by atoms with E-state index in [1.54, 1.807) is 13.3 Å². The maximum absolute atomic E-state index is 5.62. The van der Waals surface area contributed by atoms with Gasteiger partial charge in [0.2, 0.25) is 5.90 Å². The summed E-state index contributed by atoms with van der Waals surface area (Å²) in [7, 11) is 1.66. The summed E-state index contributed by atoms with van der Waals surface area (Å²) < 4.78 is 10.8. The van der Waals surface area contributed by atoms with Crippen molar-refractivity contribution >= 4 is 5.90 Å². The predicted molar refractivity (Wildman–Crippen MR) is 72.5 cm³/mol. The molecule has 2 aromatic rings. The van der Waals surface area contributed by atoms with E-state index in [1.807, 2.05) is 42.5 Å². The second kappa shape index (κ2) is 5.10. The van der Waals surface area contributed by atoms with Crippen LogP contribution >= 0.6 is 0 Å². The topological polar surface area (TPSA) is 43.7 Å². The Bertz CT molecular complexity index is 579. The van der Waals surface area contributed by atoms with Crippen LogP contribution in [0.3, 0.4) is 0 Å². The van der Waals surface area contributed by atoms with Gasteiger partial charge in [-0.15, -0.1) is 0 Å². The zero-order chi connectivity index (χ0) is 13.1. The van der Waals surface area contributed by atoms with Gasteiger partial charge in [0.15, 0.2) is 0 Å². The number of aromatic nitrogens is 1. The summed E-state index contributed by atoms with van der Waals surface area (Å²) in [6, 6.07) is 13.6. The Morgan fingerprint density at radius 1 is 1.16 bits per heavy atom. The highest BCUT2D eigenvalue weighted by atomic mass is 16.5. The van der Waals surface area contributed by atoms with E-state index >= 15 is 0 Å². The van der Waals surface area contributed by atoms with Crippen molar-refractivity contribution in [2.75, 3.05) is 13.7 Å². The minimum absolute atomic E-state index is 0.0305. The number of benzene rings is 1. The Hall–Kier alpha value is -2.36. The van der Waals surface area contributed by atoms with Crippen LogP contribution in [-0.4, -0.2) is 24.6 Å². The van der Waals surface area contributed by atoms with Crippen LogP contribution in [0.15, 0.2) is 53.7 Å². The SMILES string of the molecule is COc1ccc(C2COC(c3ccccn3)=N2)cc1. The maximum Gasteiger partial charge on any atom is 0.236 e. The number of hydrogen-bond acceptors (Lipinski definition) is 4. The first-order valence-corrected chi connectivity index (χ1v) is 6.13. The lowest BCUT2D eigenvalue weighted by atomic mass is 10.1. The summed E-state index contributed by atoms with van der Waals surface area (Å²) in [5.74, 6) is 1.46. The van der Waals surface area contributed by atoms with Crippen molar-refractivity contribution in [2.45, 2.75) is 6.04 Å². The average Bonchev–Trinajstić information content (AvgIpc) is 2.98. The average molecular weight is 254 g/mol. The lowest BCUT2D eigenvalue weighted by Gasteiger charge is -2.06. The minimum atomic E-state index is 0.0305. The predicted octanol–water partition coefficient (Wildman–Crippen LogP) is 2.61. The van der Waals surface area contributed by atoms with E-state index in [4.69, 9.17) is 9.47 Å². The van der Waals surface area contributed by atoms with Crippen molar-refractivity contribution in [2.24, 2.45) is 4.99 Å². The van der Waals surface area contributed by atoms with Crippen LogP contribution in [0.4, 0.5) is 0 Å². The number of ether oxygens (including phenoxy) is 2. The molecule has 1 aliphatic rings. The van der Waals surface area contributed by atoms with Crippen LogP contribution in [0.25, 0.3) is 0 Å². The smallest absolute Gasteiger partial charge is 0.236 e. The van der Waals surface area contributed by atoms with Gasteiger partial charge in [-0.05, 0) is 29.8 Å². The largest absolute Gasteiger partial charge is 0.497 e. The molecule has 96 valence electrons. The maximum atomic E-state index is 5.62. The number of rotatable bonds is 3. The van der Waals surface area contributed by atoms with Crippen molar-refractivity contribution < 1.29 is 9.47 Å². The Balaban J connectivity index is 1.82. The monoisotopic (exact) mass is 254 g/mol. The molecule has 0 bridgehead atoms. The number of pyridine rings is 1. The summed E-state index contributed by atoms with van der Waals surface area (Å²) in [6.45, 7) is 0.554. The van der Waals surface area contributed by atoms with Gasteiger partial charge in [-0.2, -0.15) is 0 Å². The van der Waals surface area contributed by atoms with Gasteiger partial charge in [0.1, 0.15) is 24.1 Å². The molecule has 0 saturated carbocycles. The van der Waals surface area contributed by atoms with E-state index in [1.165, 1.54) is 0 Å². The number of aliphatic imine (C=N–C) groups is 1. The van der Waals surface area contributed by atoms with Crippen molar-refractivity contribution in [3.8, 4) is 5.75 Å². The Labute approximate surface area is 111 Å². The molecule has 0 aliphatic carbocycles. The van der Waals surface area contributed by atoms with Gasteiger partial charge in [-0.1, -0.05) is 18.2 Å². The summed E-state index contributed by atoms with van der Waals surface area (Å²) in [5, 5.41) is 0. The fourth-order valence-electron chi connectivity index (χ4n) is 2.00. The van der Waals surface area contributed by atoms with Crippen molar-refractivity contribution in [1.29, 1.82) is 0 Å². The third-order valence-electron chi connectivity index (χ3n) is 3.04. The number of nitrogens with zero attached hydrogens (tertiary/aromatic N) is 2. The molecule has 1 atom stereocenters. The third kappa shape index (κ3) is 2.42. The first-order chi connectivity index (χ1) is 9.36. The van der Waals surface area contributed by atoms with E-state index in [0.29, 0.717) is 12.5 Å². The molecule has 0 amide bonds. The third-order valence-corrected chi connectivity index (χ3v) is 3.04. The van der Waals surface area contributed by atoms with Crippen LogP contribution in [0.5, 0.6) is 5.75 Å². The normalized spacial score (nSPS) is 17.7. The molecule has 1 aromatic carbocycles. The fraction of sp³-hybridized carbons (Fsp3) is 0.200. The quantitative estimate of drug-likeness (QED) is 0.845. The van der Waals surface area contributed by atoms with Gasteiger partial charge in [0, 0.05) is 6.20 Å². The molecule has 4 nitrogen and oxygen atoms in total. The molecule has 1 aliphatic heterocycles. The molecule has 19 heavy (non-hydrogen) atoms. The summed E-state index contributed by atoms with van der Waals surface area (Å²) in [5.41, 5.74) is 1.89. The highest BCUT2D eigenvalue weighted by Gasteiger charge is 2.22. The summed E-state index contributed by atoms with van der Waals surface area (Å²) in [4.78, 5) is 8.82. The van der Waals surface area contributed by atoms with Gasteiger partial charge in [0.25, 0.3) is 0 Å². The van der Waals surface area contributed by atoms with Gasteiger partial charge in [0.05, 0.1) is 7.11 Å². The molecule has 2 heterocycles. The number of methoxy groups -OCH3 is 1. The second-order valence-electron chi connectivity index (χ2n) is 4.25. The molecule has 3 rings (SSSR count). The van der Waals surface area contributed by atoms with Gasteiger partial charge < -0.3 is 9.47 Å². The summed E-state index contributed by atoms with van der Waals surface area (Å²) in [6.07, 6.45) is 1.74. The molecule has 1 unspecified atom stereocenters. The lowest BCUT2D eigenvalue weighted by molar-refractivity contribution is 0.319. The van der Waals surface area contributed by atoms with Crippen molar-refractivity contribution in [3.05, 3.63) is 59.9 Å². The van der Waals surface area contributed by atoms with Crippen LogP contribution in [0, 0.1) is 0 Å². The first-order valence-electron chi connectivity index (χ1n) is 6.13. The number of hydrogen-bond donors (Lipinski definition) is 0. The van der Waals surface area contributed by atoms with Crippen molar-refractivity contribution in [1.82, 2.24) is 4.98 Å². The molecular formula is C15H14N2O2. The molecule has 1 aromatic heterocycles. The van der Waals surface area contributed by atoms with Gasteiger partial charge in [-0.3, -0.25) is 4.98 Å².